The number of carbonyl (C=O) groups is 4. The average Bonchev–Trinajstić information content (AvgIpc) is 3.04. The van der Waals surface area contributed by atoms with Crippen molar-refractivity contribution in [2.75, 3.05) is 63.8 Å². The highest BCUT2D eigenvalue weighted by Crippen LogP contribution is 2.28. The van der Waals surface area contributed by atoms with Gasteiger partial charge in [-0.25, -0.2) is 4.98 Å². The van der Waals surface area contributed by atoms with Crippen LogP contribution in [0.1, 0.15) is 49.4 Å². The van der Waals surface area contributed by atoms with Gasteiger partial charge in [0.25, 0.3) is 5.91 Å². The Labute approximate surface area is 247 Å². The van der Waals surface area contributed by atoms with Crippen LogP contribution in [0.2, 0.25) is 0 Å². The number of pyridine rings is 1. The quantitative estimate of drug-likeness (QED) is 0.511. The molecular weight excluding hydrogens is 532 g/mol. The third-order valence-electron chi connectivity index (χ3n) is 9.44. The molecule has 0 atom stereocenters. The van der Waals surface area contributed by atoms with E-state index in [2.05, 4.69) is 4.90 Å². The normalized spacial score (nSPS) is 20.9. The van der Waals surface area contributed by atoms with Crippen molar-refractivity contribution >= 4 is 29.4 Å². The first-order valence-corrected chi connectivity index (χ1v) is 15.3. The smallest absolute Gasteiger partial charge is 0.254 e. The van der Waals surface area contributed by atoms with Crippen molar-refractivity contribution in [3.63, 3.8) is 0 Å². The van der Waals surface area contributed by atoms with Crippen LogP contribution in [0.15, 0.2) is 42.5 Å². The SMILES string of the molecule is CC(=O)N1CCC(C(=O)N2CCC(N3CCN(C(=O)c4cc(-c5ccccc5)nc(N5CCC5=O)c4)CC3)CC2)CC1. The number of hydrogen-bond donors (Lipinski definition) is 0. The van der Waals surface area contributed by atoms with Crippen LogP contribution in [0.5, 0.6) is 0 Å². The lowest BCUT2D eigenvalue weighted by Gasteiger charge is -2.43. The van der Waals surface area contributed by atoms with Gasteiger partial charge in [-0.15, -0.1) is 0 Å². The van der Waals surface area contributed by atoms with E-state index in [4.69, 9.17) is 4.98 Å². The fourth-order valence-electron chi connectivity index (χ4n) is 6.72. The van der Waals surface area contributed by atoms with Gasteiger partial charge in [0.1, 0.15) is 5.82 Å². The Balaban J connectivity index is 1.03. The van der Waals surface area contributed by atoms with E-state index in [1.807, 2.05) is 51.1 Å². The molecule has 4 saturated heterocycles. The van der Waals surface area contributed by atoms with Gasteiger partial charge in [-0.2, -0.15) is 0 Å². The van der Waals surface area contributed by atoms with Crippen molar-refractivity contribution in [3.8, 4) is 11.3 Å². The first kappa shape index (κ1) is 28.3. The molecule has 5 heterocycles. The molecule has 222 valence electrons. The van der Waals surface area contributed by atoms with E-state index < -0.39 is 0 Å². The number of rotatable bonds is 5. The van der Waals surface area contributed by atoms with Gasteiger partial charge in [-0.3, -0.25) is 29.0 Å². The summed E-state index contributed by atoms with van der Waals surface area (Å²) in [5, 5.41) is 0. The standard InChI is InChI=1S/C32H40N6O4/c1-23(39)34-12-7-25(8-13-34)31(41)36-14-9-27(10-15-36)35-17-19-37(20-18-35)32(42)26-21-28(24-5-3-2-4-6-24)33-29(22-26)38-16-11-30(38)40/h2-6,21-22,25,27H,7-20H2,1H3. The molecule has 10 heteroatoms. The van der Waals surface area contributed by atoms with Crippen LogP contribution in [0, 0.1) is 5.92 Å². The first-order valence-electron chi connectivity index (χ1n) is 15.3. The van der Waals surface area contributed by atoms with E-state index in [9.17, 15) is 19.2 Å². The number of piperazine rings is 1. The van der Waals surface area contributed by atoms with Crippen molar-refractivity contribution in [3.05, 3.63) is 48.0 Å². The number of β-lactam (4-membered cyclic amide) rings is 1. The highest BCUT2D eigenvalue weighted by Gasteiger charge is 2.34. The minimum atomic E-state index is -0.0281. The summed E-state index contributed by atoms with van der Waals surface area (Å²) in [6.45, 7) is 8.02. The van der Waals surface area contributed by atoms with Crippen molar-refractivity contribution in [2.24, 2.45) is 5.92 Å². The number of benzene rings is 1. The fourth-order valence-corrected chi connectivity index (χ4v) is 6.72. The molecule has 4 aliphatic heterocycles. The zero-order chi connectivity index (χ0) is 29.2. The third kappa shape index (κ3) is 5.90. The third-order valence-corrected chi connectivity index (χ3v) is 9.44. The van der Waals surface area contributed by atoms with Crippen molar-refractivity contribution < 1.29 is 19.2 Å². The molecule has 0 aliphatic carbocycles. The monoisotopic (exact) mass is 572 g/mol. The van der Waals surface area contributed by atoms with Gasteiger partial charge in [-0.1, -0.05) is 30.3 Å². The summed E-state index contributed by atoms with van der Waals surface area (Å²) in [5.41, 5.74) is 2.17. The summed E-state index contributed by atoms with van der Waals surface area (Å²) < 4.78 is 0. The molecule has 4 aliphatic rings. The molecule has 1 aromatic heterocycles. The van der Waals surface area contributed by atoms with E-state index in [1.165, 1.54) is 0 Å². The largest absolute Gasteiger partial charge is 0.343 e. The summed E-state index contributed by atoms with van der Waals surface area (Å²) in [4.78, 5) is 65.2. The van der Waals surface area contributed by atoms with Crippen LogP contribution in [0.25, 0.3) is 11.3 Å². The minimum Gasteiger partial charge on any atom is -0.343 e. The maximum atomic E-state index is 13.7. The lowest BCUT2D eigenvalue weighted by atomic mass is 9.93. The second-order valence-corrected chi connectivity index (χ2v) is 11.9. The highest BCUT2D eigenvalue weighted by molar-refractivity contribution is 6.01. The zero-order valence-corrected chi connectivity index (χ0v) is 24.4. The Kier molecular flexibility index (Phi) is 8.24. The molecule has 0 spiro atoms. The van der Waals surface area contributed by atoms with Gasteiger partial charge < -0.3 is 14.7 Å². The number of piperidine rings is 2. The van der Waals surface area contributed by atoms with Gasteiger partial charge in [0.2, 0.25) is 17.7 Å². The Hall–Kier alpha value is -3.79. The zero-order valence-electron chi connectivity index (χ0n) is 24.4. The Bertz CT molecular complexity index is 1330. The number of aromatic nitrogens is 1. The second kappa shape index (κ2) is 12.2. The van der Waals surface area contributed by atoms with Gasteiger partial charge in [0.05, 0.1) is 5.69 Å². The van der Waals surface area contributed by atoms with Gasteiger partial charge >= 0.3 is 0 Å². The molecule has 0 N–H and O–H groups in total. The minimum absolute atomic E-state index is 0.0281. The molecule has 2 aromatic rings. The summed E-state index contributed by atoms with van der Waals surface area (Å²) in [7, 11) is 0. The topological polar surface area (TPSA) is 97.4 Å². The molecular formula is C32H40N6O4. The van der Waals surface area contributed by atoms with Gasteiger partial charge in [0, 0.05) is 95.3 Å². The molecule has 0 bridgehead atoms. The van der Waals surface area contributed by atoms with Crippen molar-refractivity contribution in [1.29, 1.82) is 0 Å². The van der Waals surface area contributed by atoms with E-state index in [1.54, 1.807) is 17.9 Å². The number of hydrogen-bond acceptors (Lipinski definition) is 6. The molecule has 1 aromatic carbocycles. The summed E-state index contributed by atoms with van der Waals surface area (Å²) in [6.07, 6.45) is 3.92. The maximum Gasteiger partial charge on any atom is 0.254 e. The predicted molar refractivity (Wildman–Crippen MR) is 159 cm³/mol. The molecule has 4 amide bonds. The first-order chi connectivity index (χ1) is 20.4. The number of amides is 4. The van der Waals surface area contributed by atoms with Crippen LogP contribution >= 0.6 is 0 Å². The maximum absolute atomic E-state index is 13.7. The molecule has 10 nitrogen and oxygen atoms in total. The van der Waals surface area contributed by atoms with Crippen molar-refractivity contribution in [1.82, 2.24) is 24.6 Å². The van der Waals surface area contributed by atoms with E-state index in [0.717, 1.165) is 57.4 Å². The lowest BCUT2D eigenvalue weighted by molar-refractivity contribution is -0.141. The van der Waals surface area contributed by atoms with Crippen LogP contribution in [0.4, 0.5) is 5.82 Å². The molecule has 42 heavy (non-hydrogen) atoms. The van der Waals surface area contributed by atoms with Crippen LogP contribution in [0.3, 0.4) is 0 Å². The molecule has 0 radical (unpaired) electrons. The number of carbonyl (C=O) groups excluding carboxylic acids is 4. The second-order valence-electron chi connectivity index (χ2n) is 11.9. The number of nitrogens with zero attached hydrogens (tertiary/aromatic N) is 6. The van der Waals surface area contributed by atoms with Gasteiger partial charge in [-0.05, 0) is 37.8 Å². The highest BCUT2D eigenvalue weighted by atomic mass is 16.2. The van der Waals surface area contributed by atoms with Crippen LogP contribution < -0.4 is 4.90 Å². The molecule has 0 saturated carbocycles. The van der Waals surface area contributed by atoms with E-state index in [-0.39, 0.29) is 29.5 Å². The van der Waals surface area contributed by atoms with Crippen LogP contribution in [-0.4, -0.2) is 113 Å². The fraction of sp³-hybridized carbons (Fsp3) is 0.531. The number of anilines is 1. The van der Waals surface area contributed by atoms with E-state index >= 15 is 0 Å². The Morgan fingerprint density at radius 1 is 0.762 bits per heavy atom. The predicted octanol–water partition coefficient (Wildman–Crippen LogP) is 2.49. The Morgan fingerprint density at radius 3 is 2.02 bits per heavy atom. The summed E-state index contributed by atoms with van der Waals surface area (Å²) >= 11 is 0. The van der Waals surface area contributed by atoms with Crippen LogP contribution in [-0.2, 0) is 14.4 Å². The number of likely N-dealkylation sites (tertiary alicyclic amines) is 2. The van der Waals surface area contributed by atoms with E-state index in [0.29, 0.717) is 62.3 Å². The lowest BCUT2D eigenvalue weighted by Crippen LogP contribution is -2.55. The van der Waals surface area contributed by atoms with Crippen molar-refractivity contribution in [2.45, 2.75) is 45.1 Å². The van der Waals surface area contributed by atoms with Gasteiger partial charge in [0.15, 0.2) is 0 Å². The summed E-state index contributed by atoms with van der Waals surface area (Å²) in [5.74, 6) is 0.917. The average molecular weight is 573 g/mol. The molecule has 4 fully saturated rings. The molecule has 6 rings (SSSR count). The Morgan fingerprint density at radius 2 is 1.43 bits per heavy atom. The molecule has 0 unspecified atom stereocenters. The summed E-state index contributed by atoms with van der Waals surface area (Å²) in [6, 6.07) is 13.8.